The van der Waals surface area contributed by atoms with E-state index in [1.54, 1.807) is 0 Å². The van der Waals surface area contributed by atoms with Crippen LogP contribution in [0.25, 0.3) is 0 Å². The van der Waals surface area contributed by atoms with Crippen LogP contribution < -0.4 is 0 Å². The molecule has 0 amide bonds. The van der Waals surface area contributed by atoms with Crippen LogP contribution in [0.15, 0.2) is 12.7 Å². The molecule has 0 fully saturated rings. The molecule has 0 aromatic rings. The summed E-state index contributed by atoms with van der Waals surface area (Å²) in [5.41, 5.74) is 0. The van der Waals surface area contributed by atoms with Crippen LogP contribution in [0.5, 0.6) is 0 Å². The monoisotopic (exact) mass is 240 g/mol. The average Bonchev–Trinajstić information content (AvgIpc) is 1.94. The molecule has 0 rings (SSSR count). The lowest BCUT2D eigenvalue weighted by Gasteiger charge is -2.48. The zero-order valence-electron chi connectivity index (χ0n) is 7.60. The van der Waals surface area contributed by atoms with Crippen LogP contribution in [0, 0.1) is 0 Å². The lowest BCUT2D eigenvalue weighted by atomic mass is 10.1. The van der Waals surface area contributed by atoms with Crippen LogP contribution >= 0.6 is 10.2 Å². The first-order valence-electron chi connectivity index (χ1n) is 3.96. The van der Waals surface area contributed by atoms with Gasteiger partial charge < -0.3 is 5.11 Å². The summed E-state index contributed by atoms with van der Waals surface area (Å²) in [5, 5.41) is 5.84. The standard InChI is InChI=1S/C7H13F5OS/c1-3-5-7(6(13)4-2)14(8,9,10,11)12/h4,6-7,13H,2-3,5H2,1H3. The van der Waals surface area contributed by atoms with Gasteiger partial charge in [-0.3, -0.25) is 0 Å². The molecular weight excluding hydrogens is 227 g/mol. The minimum absolute atomic E-state index is 0.0822. The minimum atomic E-state index is -9.61. The van der Waals surface area contributed by atoms with E-state index in [0.717, 1.165) is 0 Å². The summed E-state index contributed by atoms with van der Waals surface area (Å²) in [7, 11) is -9.61. The molecule has 0 aromatic heterocycles. The average molecular weight is 240 g/mol. The Hall–Kier alpha value is -0.300. The zero-order chi connectivity index (χ0) is 11.7. The molecule has 2 unspecified atom stereocenters. The van der Waals surface area contributed by atoms with Crippen LogP contribution in [-0.4, -0.2) is 16.5 Å². The molecule has 0 saturated heterocycles. The number of aliphatic hydroxyl groups excluding tert-OH is 1. The quantitative estimate of drug-likeness (QED) is 0.568. The fourth-order valence-corrected chi connectivity index (χ4v) is 2.41. The maximum absolute atomic E-state index is 12.3. The predicted molar refractivity (Wildman–Crippen MR) is 48.0 cm³/mol. The van der Waals surface area contributed by atoms with Gasteiger partial charge in [0.1, 0.15) is 5.25 Å². The van der Waals surface area contributed by atoms with Crippen molar-refractivity contribution >= 4 is 10.2 Å². The van der Waals surface area contributed by atoms with E-state index in [-0.39, 0.29) is 6.42 Å². The maximum Gasteiger partial charge on any atom is 0.290 e. The van der Waals surface area contributed by atoms with Gasteiger partial charge in [-0.1, -0.05) is 38.8 Å². The number of hydrogen-bond donors (Lipinski definition) is 1. The molecule has 7 heteroatoms. The summed E-state index contributed by atoms with van der Waals surface area (Å²) in [6.45, 7) is 4.21. The van der Waals surface area contributed by atoms with Crippen LogP contribution in [0.2, 0.25) is 0 Å². The minimum Gasteiger partial charge on any atom is -0.388 e. The second-order valence-electron chi connectivity index (χ2n) is 3.08. The fraction of sp³-hybridized carbons (Fsp3) is 0.714. The Labute approximate surface area is 79.3 Å². The Balaban J connectivity index is 5.13. The second-order valence-corrected chi connectivity index (χ2v) is 5.74. The van der Waals surface area contributed by atoms with Gasteiger partial charge in [0.15, 0.2) is 0 Å². The van der Waals surface area contributed by atoms with E-state index in [4.69, 9.17) is 5.11 Å². The SMILES string of the molecule is C=CC(O)C(CCC)S(F)(F)(F)(F)F. The lowest BCUT2D eigenvalue weighted by Crippen LogP contribution is -2.35. The lowest BCUT2D eigenvalue weighted by molar-refractivity contribution is 0.185. The highest BCUT2D eigenvalue weighted by molar-refractivity contribution is 8.46. The first kappa shape index (κ1) is 13.7. The third-order valence-electron chi connectivity index (χ3n) is 1.77. The molecule has 0 spiro atoms. The van der Waals surface area contributed by atoms with Crippen molar-refractivity contribution in [1.29, 1.82) is 0 Å². The van der Waals surface area contributed by atoms with E-state index in [1.807, 2.05) is 0 Å². The van der Waals surface area contributed by atoms with Gasteiger partial charge in [0.2, 0.25) is 0 Å². The van der Waals surface area contributed by atoms with E-state index in [1.165, 1.54) is 6.92 Å². The van der Waals surface area contributed by atoms with Crippen molar-refractivity contribution in [3.05, 3.63) is 12.7 Å². The Morgan fingerprint density at radius 2 is 1.71 bits per heavy atom. The van der Waals surface area contributed by atoms with Gasteiger partial charge in [0.25, 0.3) is 10.2 Å². The van der Waals surface area contributed by atoms with Crippen molar-refractivity contribution < 1.29 is 24.5 Å². The first-order valence-corrected chi connectivity index (χ1v) is 5.97. The zero-order valence-corrected chi connectivity index (χ0v) is 8.42. The maximum atomic E-state index is 12.3. The first-order chi connectivity index (χ1) is 5.92. The van der Waals surface area contributed by atoms with E-state index in [9.17, 15) is 19.4 Å². The highest BCUT2D eigenvalue weighted by Crippen LogP contribution is 3.01. The third kappa shape index (κ3) is 3.83. The van der Waals surface area contributed by atoms with E-state index in [2.05, 4.69) is 6.58 Å². The molecule has 0 saturated carbocycles. The molecule has 0 aromatic carbocycles. The molecule has 0 aliphatic carbocycles. The molecule has 1 N–H and O–H groups in total. The van der Waals surface area contributed by atoms with Gasteiger partial charge in [0, 0.05) is 0 Å². The number of halogens is 5. The summed E-state index contributed by atoms with van der Waals surface area (Å²) in [6, 6.07) is 0. The normalized spacial score (nSPS) is 21.9. The highest BCUT2D eigenvalue weighted by Gasteiger charge is 2.70. The third-order valence-corrected chi connectivity index (χ3v) is 3.43. The van der Waals surface area contributed by atoms with Crippen LogP contribution in [0.1, 0.15) is 19.8 Å². The molecule has 0 aliphatic heterocycles. The summed E-state index contributed by atoms with van der Waals surface area (Å²) in [5.74, 6) is 0. The van der Waals surface area contributed by atoms with E-state index in [0.29, 0.717) is 6.08 Å². The van der Waals surface area contributed by atoms with Gasteiger partial charge in [-0.15, -0.1) is 6.58 Å². The highest BCUT2D eigenvalue weighted by atomic mass is 32.5. The van der Waals surface area contributed by atoms with Crippen LogP contribution in [0.4, 0.5) is 19.4 Å². The predicted octanol–water partition coefficient (Wildman–Crippen LogP) is 4.00. The molecule has 0 heterocycles. The van der Waals surface area contributed by atoms with Gasteiger partial charge in [-0.05, 0) is 6.42 Å². The van der Waals surface area contributed by atoms with Crippen LogP contribution in [-0.2, 0) is 0 Å². The molecule has 0 aliphatic rings. The van der Waals surface area contributed by atoms with Crippen molar-refractivity contribution in [2.45, 2.75) is 31.1 Å². The van der Waals surface area contributed by atoms with Crippen molar-refractivity contribution in [3.63, 3.8) is 0 Å². The molecule has 88 valence electrons. The smallest absolute Gasteiger partial charge is 0.290 e. The van der Waals surface area contributed by atoms with E-state index < -0.39 is 28.0 Å². The van der Waals surface area contributed by atoms with Crippen molar-refractivity contribution in [2.75, 3.05) is 0 Å². The largest absolute Gasteiger partial charge is 0.388 e. The summed E-state index contributed by atoms with van der Waals surface area (Å²) >= 11 is 0. The number of rotatable bonds is 5. The van der Waals surface area contributed by atoms with Gasteiger partial charge >= 0.3 is 0 Å². The molecule has 0 bridgehead atoms. The Kier molecular flexibility index (Phi) is 3.03. The Bertz CT molecular complexity index is 220. The molecule has 0 radical (unpaired) electrons. The topological polar surface area (TPSA) is 20.2 Å². The Morgan fingerprint density at radius 3 is 1.93 bits per heavy atom. The van der Waals surface area contributed by atoms with Gasteiger partial charge in [0.05, 0.1) is 6.10 Å². The summed E-state index contributed by atoms with van der Waals surface area (Å²) < 4.78 is 61.5. The van der Waals surface area contributed by atoms with E-state index >= 15 is 0 Å². The van der Waals surface area contributed by atoms with Gasteiger partial charge in [-0.25, -0.2) is 0 Å². The molecule has 2 atom stereocenters. The van der Waals surface area contributed by atoms with Crippen molar-refractivity contribution in [2.24, 2.45) is 0 Å². The van der Waals surface area contributed by atoms with Crippen molar-refractivity contribution in [3.8, 4) is 0 Å². The second kappa shape index (κ2) is 3.10. The van der Waals surface area contributed by atoms with Crippen molar-refractivity contribution in [1.82, 2.24) is 0 Å². The summed E-state index contributed by atoms with van der Waals surface area (Å²) in [6.07, 6.45) is -2.64. The molecular formula is C7H13F5OS. The number of hydrogen-bond acceptors (Lipinski definition) is 1. The van der Waals surface area contributed by atoms with Crippen LogP contribution in [0.3, 0.4) is 0 Å². The fourth-order valence-electron chi connectivity index (χ4n) is 1.09. The molecule has 14 heavy (non-hydrogen) atoms. The molecule has 1 nitrogen and oxygen atoms in total. The van der Waals surface area contributed by atoms with Gasteiger partial charge in [-0.2, -0.15) is 0 Å². The summed E-state index contributed by atoms with van der Waals surface area (Å²) in [4.78, 5) is 0. The Morgan fingerprint density at radius 1 is 1.29 bits per heavy atom. The number of aliphatic hydroxyl groups is 1.